The van der Waals surface area contributed by atoms with Gasteiger partial charge in [0.15, 0.2) is 0 Å². The zero-order chi connectivity index (χ0) is 24.6. The van der Waals surface area contributed by atoms with Gasteiger partial charge in [0.2, 0.25) is 0 Å². The first-order valence-corrected chi connectivity index (χ1v) is 13.0. The highest BCUT2D eigenvalue weighted by Gasteiger charge is 2.53. The van der Waals surface area contributed by atoms with Gasteiger partial charge in [0.25, 0.3) is 0 Å². The van der Waals surface area contributed by atoms with Gasteiger partial charge in [0.1, 0.15) is 11.9 Å². The number of hydrogen-bond donors (Lipinski definition) is 0. The van der Waals surface area contributed by atoms with Crippen molar-refractivity contribution >= 4 is 10.9 Å². The molecule has 6 rings (SSSR count). The van der Waals surface area contributed by atoms with E-state index < -0.39 is 0 Å². The van der Waals surface area contributed by atoms with E-state index in [1.54, 1.807) is 0 Å². The Balaban J connectivity index is 1.51. The quantitative estimate of drug-likeness (QED) is 0.305. The van der Waals surface area contributed by atoms with Crippen LogP contribution >= 0.6 is 0 Å². The van der Waals surface area contributed by atoms with Crippen molar-refractivity contribution < 1.29 is 4.74 Å². The van der Waals surface area contributed by atoms with E-state index in [9.17, 15) is 0 Å². The second kappa shape index (κ2) is 7.68. The lowest BCUT2D eigenvalue weighted by atomic mass is 9.73. The molecule has 1 aliphatic carbocycles. The summed E-state index contributed by atoms with van der Waals surface area (Å²) in [6, 6.07) is 20.3. The number of aryl methyl sites for hydroxylation is 3. The Morgan fingerprint density at radius 1 is 0.914 bits per heavy atom. The van der Waals surface area contributed by atoms with Gasteiger partial charge in [-0.1, -0.05) is 64.1 Å². The molecule has 2 unspecified atom stereocenters. The lowest BCUT2D eigenvalue weighted by Crippen LogP contribution is -2.23. The van der Waals surface area contributed by atoms with Crippen molar-refractivity contribution in [3.05, 3.63) is 93.5 Å². The molecule has 1 aromatic heterocycles. The Hall–Kier alpha value is -3.13. The molecule has 0 saturated carbocycles. The molecule has 0 radical (unpaired) electrons. The van der Waals surface area contributed by atoms with E-state index in [-0.39, 0.29) is 11.5 Å². The number of rotatable bonds is 3. The SMILES string of the molecule is Cc1cc(C)c2c(C)cc(-c3cccc4c3C(C)(C)C3c5cc(CC(C)C)ccc5OC43)nc2c1. The second-order valence-corrected chi connectivity index (χ2v) is 11.8. The summed E-state index contributed by atoms with van der Waals surface area (Å²) in [7, 11) is 0. The molecule has 1 aliphatic heterocycles. The van der Waals surface area contributed by atoms with Crippen molar-refractivity contribution in [1.29, 1.82) is 0 Å². The predicted octanol–water partition coefficient (Wildman–Crippen LogP) is 8.53. The maximum Gasteiger partial charge on any atom is 0.132 e. The van der Waals surface area contributed by atoms with E-state index in [1.165, 1.54) is 49.9 Å². The summed E-state index contributed by atoms with van der Waals surface area (Å²) in [4.78, 5) is 5.22. The van der Waals surface area contributed by atoms with Crippen LogP contribution in [0.1, 0.15) is 78.7 Å². The smallest absolute Gasteiger partial charge is 0.132 e. The van der Waals surface area contributed by atoms with Crippen LogP contribution in [0.5, 0.6) is 5.75 Å². The van der Waals surface area contributed by atoms with E-state index in [2.05, 4.69) is 103 Å². The number of aromatic nitrogens is 1. The normalized spacial score (nSPS) is 19.5. The summed E-state index contributed by atoms with van der Waals surface area (Å²) in [5.41, 5.74) is 12.7. The molecule has 0 spiro atoms. The Morgan fingerprint density at radius 2 is 1.69 bits per heavy atom. The molecular formula is C33H35NO. The summed E-state index contributed by atoms with van der Waals surface area (Å²) < 4.78 is 6.65. The van der Waals surface area contributed by atoms with Crippen LogP contribution in [0.25, 0.3) is 22.2 Å². The van der Waals surface area contributed by atoms with E-state index in [4.69, 9.17) is 9.72 Å². The fraction of sp³-hybridized carbons (Fsp3) is 0.364. The number of hydrogen-bond acceptors (Lipinski definition) is 2. The summed E-state index contributed by atoms with van der Waals surface area (Å²) >= 11 is 0. The summed E-state index contributed by atoms with van der Waals surface area (Å²) in [5, 5.41) is 1.28. The molecule has 2 aliphatic rings. The van der Waals surface area contributed by atoms with Gasteiger partial charge in [-0.15, -0.1) is 0 Å². The standard InChI is InChI=1S/C33H35NO/c1-18(2)13-22-11-12-28-25(17-22)31-32(35-28)24-10-8-9-23(30(24)33(31,6)7)26-16-21(5)29-20(4)14-19(3)15-27(29)34-26/h8-12,14-18,31-32H,13H2,1-7H3. The fourth-order valence-electron chi connectivity index (χ4n) is 6.94. The number of nitrogens with zero attached hydrogens (tertiary/aromatic N) is 1. The van der Waals surface area contributed by atoms with Crippen LogP contribution in [0.3, 0.4) is 0 Å². The number of benzene rings is 3. The molecule has 0 fully saturated rings. The largest absolute Gasteiger partial charge is 0.485 e. The number of pyridine rings is 1. The molecule has 2 heterocycles. The molecule has 178 valence electrons. The van der Waals surface area contributed by atoms with Gasteiger partial charge >= 0.3 is 0 Å². The molecule has 0 N–H and O–H groups in total. The third-order valence-corrected chi connectivity index (χ3v) is 8.16. The van der Waals surface area contributed by atoms with Gasteiger partial charge in [0.05, 0.1) is 11.2 Å². The first-order chi connectivity index (χ1) is 16.6. The Labute approximate surface area is 209 Å². The van der Waals surface area contributed by atoms with E-state index >= 15 is 0 Å². The second-order valence-electron chi connectivity index (χ2n) is 11.8. The molecule has 2 heteroatoms. The lowest BCUT2D eigenvalue weighted by Gasteiger charge is -2.29. The van der Waals surface area contributed by atoms with Gasteiger partial charge in [-0.3, -0.25) is 0 Å². The fourth-order valence-corrected chi connectivity index (χ4v) is 6.94. The molecule has 0 amide bonds. The van der Waals surface area contributed by atoms with E-state index in [0.717, 1.165) is 23.4 Å². The molecule has 4 aromatic rings. The third kappa shape index (κ3) is 3.33. The maximum absolute atomic E-state index is 6.65. The van der Waals surface area contributed by atoms with Gasteiger partial charge in [0, 0.05) is 27.8 Å². The summed E-state index contributed by atoms with van der Waals surface area (Å²) in [6.07, 6.45) is 1.16. The Morgan fingerprint density at radius 3 is 2.46 bits per heavy atom. The number of ether oxygens (including phenoxy) is 1. The van der Waals surface area contributed by atoms with Crippen LogP contribution in [0.15, 0.2) is 54.6 Å². The van der Waals surface area contributed by atoms with Crippen molar-refractivity contribution in [1.82, 2.24) is 4.98 Å². The zero-order valence-electron chi connectivity index (χ0n) is 22.0. The Bertz CT molecular complexity index is 1490. The minimum atomic E-state index is -0.0641. The number of fused-ring (bicyclic) bond motifs is 6. The highest BCUT2D eigenvalue weighted by Crippen LogP contribution is 2.63. The van der Waals surface area contributed by atoms with E-state index in [0.29, 0.717) is 11.8 Å². The first kappa shape index (κ1) is 22.3. The summed E-state index contributed by atoms with van der Waals surface area (Å²) in [6.45, 7) is 15.9. The maximum atomic E-state index is 6.65. The van der Waals surface area contributed by atoms with Gasteiger partial charge in [-0.25, -0.2) is 4.98 Å². The van der Waals surface area contributed by atoms with Gasteiger partial charge in [-0.2, -0.15) is 0 Å². The van der Waals surface area contributed by atoms with Gasteiger partial charge < -0.3 is 4.74 Å². The monoisotopic (exact) mass is 461 g/mol. The first-order valence-electron chi connectivity index (χ1n) is 13.0. The van der Waals surface area contributed by atoms with Crippen LogP contribution in [0.2, 0.25) is 0 Å². The molecule has 2 nitrogen and oxygen atoms in total. The van der Waals surface area contributed by atoms with Crippen LogP contribution in [0, 0.1) is 26.7 Å². The van der Waals surface area contributed by atoms with Crippen molar-refractivity contribution in [3.63, 3.8) is 0 Å². The minimum absolute atomic E-state index is 0.0641. The zero-order valence-corrected chi connectivity index (χ0v) is 22.0. The topological polar surface area (TPSA) is 22.1 Å². The van der Waals surface area contributed by atoms with Crippen molar-refractivity contribution in [2.24, 2.45) is 5.92 Å². The lowest BCUT2D eigenvalue weighted by molar-refractivity contribution is 0.198. The highest BCUT2D eigenvalue weighted by atomic mass is 16.5. The van der Waals surface area contributed by atoms with Crippen molar-refractivity contribution in [2.75, 3.05) is 0 Å². The highest BCUT2D eigenvalue weighted by molar-refractivity contribution is 5.89. The Kier molecular flexibility index (Phi) is 4.90. The van der Waals surface area contributed by atoms with Crippen LogP contribution in [0.4, 0.5) is 0 Å². The van der Waals surface area contributed by atoms with Crippen molar-refractivity contribution in [2.45, 2.75) is 72.3 Å². The predicted molar refractivity (Wildman–Crippen MR) is 146 cm³/mol. The third-order valence-electron chi connectivity index (χ3n) is 8.16. The van der Waals surface area contributed by atoms with Crippen LogP contribution in [-0.4, -0.2) is 4.98 Å². The van der Waals surface area contributed by atoms with Crippen LogP contribution < -0.4 is 4.74 Å². The molecular weight excluding hydrogens is 426 g/mol. The minimum Gasteiger partial charge on any atom is -0.485 e. The molecule has 0 saturated heterocycles. The molecule has 0 bridgehead atoms. The van der Waals surface area contributed by atoms with Gasteiger partial charge in [-0.05, 0) is 84.7 Å². The van der Waals surface area contributed by atoms with E-state index in [1.807, 2.05) is 0 Å². The van der Waals surface area contributed by atoms with Crippen molar-refractivity contribution in [3.8, 4) is 17.0 Å². The van der Waals surface area contributed by atoms with Crippen LogP contribution in [-0.2, 0) is 11.8 Å². The average Bonchev–Trinajstić information content (AvgIpc) is 3.26. The molecule has 2 atom stereocenters. The molecule has 3 aromatic carbocycles. The average molecular weight is 462 g/mol. The molecule has 35 heavy (non-hydrogen) atoms. The summed E-state index contributed by atoms with van der Waals surface area (Å²) in [5.74, 6) is 2.01.